The van der Waals surface area contributed by atoms with Crippen molar-refractivity contribution in [2.75, 3.05) is 13.6 Å². The van der Waals surface area contributed by atoms with Crippen molar-refractivity contribution >= 4 is 0 Å². The van der Waals surface area contributed by atoms with Gasteiger partial charge in [0.2, 0.25) is 0 Å². The average Bonchev–Trinajstić information content (AvgIpc) is 2.12. The Hall–Kier alpha value is -0.300. The third-order valence-corrected chi connectivity index (χ3v) is 3.05. The largest absolute Gasteiger partial charge is 0.301 e. The Kier molecular flexibility index (Phi) is 6.06. The van der Waals surface area contributed by atoms with Gasteiger partial charge in [0.15, 0.2) is 0 Å². The molecule has 0 rings (SSSR count). The van der Waals surface area contributed by atoms with E-state index >= 15 is 0 Å². The second-order valence-corrected chi connectivity index (χ2v) is 4.37. The van der Waals surface area contributed by atoms with Crippen LogP contribution in [0.1, 0.15) is 46.5 Å². The summed E-state index contributed by atoms with van der Waals surface area (Å²) >= 11 is 0. The maximum absolute atomic E-state index is 3.73. The van der Waals surface area contributed by atoms with E-state index in [0.29, 0.717) is 5.54 Å². The molecule has 0 amide bonds. The number of unbranched alkanes of at least 4 members (excludes halogenated alkanes) is 2. The molecule has 0 saturated heterocycles. The smallest absolute Gasteiger partial charge is 0.0147 e. The molecular weight excluding hydrogens is 158 g/mol. The number of allylic oxidation sites excluding steroid dienone is 1. The predicted octanol–water partition coefficient (Wildman–Crippen LogP) is 3.46. The van der Waals surface area contributed by atoms with Gasteiger partial charge >= 0.3 is 0 Å². The molecule has 0 aliphatic heterocycles. The summed E-state index contributed by atoms with van der Waals surface area (Å²) in [6.07, 6.45) is 6.93. The van der Waals surface area contributed by atoms with Gasteiger partial charge in [-0.1, -0.05) is 13.0 Å². The van der Waals surface area contributed by atoms with Crippen LogP contribution in [0.4, 0.5) is 0 Å². The lowest BCUT2D eigenvalue weighted by Crippen LogP contribution is -2.40. The highest BCUT2D eigenvalue weighted by atomic mass is 15.2. The second kappa shape index (κ2) is 6.20. The van der Waals surface area contributed by atoms with Gasteiger partial charge in [-0.15, -0.1) is 6.58 Å². The third-order valence-electron chi connectivity index (χ3n) is 3.05. The third kappa shape index (κ3) is 5.09. The van der Waals surface area contributed by atoms with Gasteiger partial charge in [0.05, 0.1) is 0 Å². The predicted molar refractivity (Wildman–Crippen MR) is 61.0 cm³/mol. The van der Waals surface area contributed by atoms with Crippen molar-refractivity contribution in [2.45, 2.75) is 52.0 Å². The van der Waals surface area contributed by atoms with Crippen molar-refractivity contribution < 1.29 is 0 Å². The summed E-state index contributed by atoms with van der Waals surface area (Å²) < 4.78 is 0. The fourth-order valence-electron chi connectivity index (χ4n) is 1.21. The SMILES string of the molecule is C=CCCCCN(C)C(C)(C)CC. The van der Waals surface area contributed by atoms with Gasteiger partial charge in [-0.05, 0) is 53.1 Å². The standard InChI is InChI=1S/C12H25N/c1-6-8-9-10-11-13(5)12(3,4)7-2/h6H,1,7-11H2,2-5H3. The van der Waals surface area contributed by atoms with Crippen LogP contribution < -0.4 is 0 Å². The van der Waals surface area contributed by atoms with E-state index in [1.54, 1.807) is 0 Å². The summed E-state index contributed by atoms with van der Waals surface area (Å²) in [7, 11) is 2.22. The first-order valence-electron chi connectivity index (χ1n) is 5.36. The number of hydrogen-bond donors (Lipinski definition) is 0. The fourth-order valence-corrected chi connectivity index (χ4v) is 1.21. The lowest BCUT2D eigenvalue weighted by atomic mass is 9.99. The van der Waals surface area contributed by atoms with Gasteiger partial charge < -0.3 is 4.90 Å². The Morgan fingerprint density at radius 2 is 1.92 bits per heavy atom. The van der Waals surface area contributed by atoms with Gasteiger partial charge in [-0.3, -0.25) is 0 Å². The second-order valence-electron chi connectivity index (χ2n) is 4.37. The topological polar surface area (TPSA) is 3.24 Å². The number of nitrogens with zero attached hydrogens (tertiary/aromatic N) is 1. The lowest BCUT2D eigenvalue weighted by Gasteiger charge is -2.34. The molecule has 0 aromatic carbocycles. The van der Waals surface area contributed by atoms with Gasteiger partial charge in [0.1, 0.15) is 0 Å². The zero-order valence-electron chi connectivity index (χ0n) is 9.77. The van der Waals surface area contributed by atoms with Crippen molar-refractivity contribution in [3.05, 3.63) is 12.7 Å². The molecule has 78 valence electrons. The molecule has 0 fully saturated rings. The van der Waals surface area contributed by atoms with Crippen LogP contribution in [0.25, 0.3) is 0 Å². The fraction of sp³-hybridized carbons (Fsp3) is 0.833. The van der Waals surface area contributed by atoms with Gasteiger partial charge in [-0.2, -0.15) is 0 Å². The van der Waals surface area contributed by atoms with E-state index in [9.17, 15) is 0 Å². The quantitative estimate of drug-likeness (QED) is 0.431. The summed E-state index contributed by atoms with van der Waals surface area (Å²) in [5, 5.41) is 0. The average molecular weight is 183 g/mol. The molecule has 0 heterocycles. The van der Waals surface area contributed by atoms with E-state index in [0.717, 1.165) is 6.42 Å². The molecule has 0 saturated carbocycles. The first-order chi connectivity index (χ1) is 6.04. The molecule has 1 nitrogen and oxygen atoms in total. The number of hydrogen-bond acceptors (Lipinski definition) is 1. The van der Waals surface area contributed by atoms with Crippen LogP contribution in [0, 0.1) is 0 Å². The van der Waals surface area contributed by atoms with Gasteiger partial charge in [0, 0.05) is 5.54 Å². The summed E-state index contributed by atoms with van der Waals surface area (Å²) in [4.78, 5) is 2.45. The summed E-state index contributed by atoms with van der Waals surface area (Å²) in [6.45, 7) is 11.8. The Morgan fingerprint density at radius 1 is 1.31 bits per heavy atom. The van der Waals surface area contributed by atoms with Crippen LogP contribution in [0.5, 0.6) is 0 Å². The summed E-state index contributed by atoms with van der Waals surface area (Å²) in [5.41, 5.74) is 0.355. The Balaban J connectivity index is 3.61. The molecule has 1 heteroatoms. The molecule has 0 spiro atoms. The monoisotopic (exact) mass is 183 g/mol. The van der Waals surface area contributed by atoms with Crippen molar-refractivity contribution in [3.8, 4) is 0 Å². The highest BCUT2D eigenvalue weighted by Crippen LogP contribution is 2.16. The normalized spacial score (nSPS) is 12.1. The molecule has 0 bridgehead atoms. The molecule has 0 radical (unpaired) electrons. The molecule has 0 atom stereocenters. The van der Waals surface area contributed by atoms with Crippen LogP contribution in [-0.4, -0.2) is 24.0 Å². The summed E-state index contributed by atoms with van der Waals surface area (Å²) in [5.74, 6) is 0. The first-order valence-corrected chi connectivity index (χ1v) is 5.36. The van der Waals surface area contributed by atoms with Crippen LogP contribution in [0.2, 0.25) is 0 Å². The highest BCUT2D eigenvalue weighted by Gasteiger charge is 2.19. The molecule has 0 N–H and O–H groups in total. The van der Waals surface area contributed by atoms with Crippen molar-refractivity contribution in [1.82, 2.24) is 4.90 Å². The molecule has 0 aromatic heterocycles. The molecule has 0 aromatic rings. The van der Waals surface area contributed by atoms with Crippen LogP contribution in [0.3, 0.4) is 0 Å². The molecule has 0 aliphatic rings. The maximum atomic E-state index is 3.73. The summed E-state index contributed by atoms with van der Waals surface area (Å²) in [6, 6.07) is 0. The Bertz CT molecular complexity index is 138. The van der Waals surface area contributed by atoms with Gasteiger partial charge in [0.25, 0.3) is 0 Å². The molecule has 0 aliphatic carbocycles. The van der Waals surface area contributed by atoms with E-state index < -0.39 is 0 Å². The zero-order chi connectivity index (χ0) is 10.3. The van der Waals surface area contributed by atoms with Crippen LogP contribution in [0.15, 0.2) is 12.7 Å². The highest BCUT2D eigenvalue weighted by molar-refractivity contribution is 4.77. The van der Waals surface area contributed by atoms with Gasteiger partial charge in [-0.25, -0.2) is 0 Å². The van der Waals surface area contributed by atoms with Crippen LogP contribution >= 0.6 is 0 Å². The Labute approximate surface area is 83.8 Å². The van der Waals surface area contributed by atoms with Crippen LogP contribution in [-0.2, 0) is 0 Å². The molecule has 0 unspecified atom stereocenters. The minimum absolute atomic E-state index is 0.355. The van der Waals surface area contributed by atoms with E-state index in [2.05, 4.69) is 39.3 Å². The molecule has 13 heavy (non-hydrogen) atoms. The lowest BCUT2D eigenvalue weighted by molar-refractivity contribution is 0.149. The minimum Gasteiger partial charge on any atom is -0.301 e. The van der Waals surface area contributed by atoms with E-state index in [4.69, 9.17) is 0 Å². The maximum Gasteiger partial charge on any atom is 0.0147 e. The van der Waals surface area contributed by atoms with E-state index in [1.807, 2.05) is 6.08 Å². The Morgan fingerprint density at radius 3 is 2.38 bits per heavy atom. The number of rotatable bonds is 7. The van der Waals surface area contributed by atoms with E-state index in [-0.39, 0.29) is 0 Å². The zero-order valence-corrected chi connectivity index (χ0v) is 9.77. The van der Waals surface area contributed by atoms with E-state index in [1.165, 1.54) is 25.8 Å². The molecular formula is C12H25N. The first kappa shape index (κ1) is 12.7. The van der Waals surface area contributed by atoms with Crippen molar-refractivity contribution in [1.29, 1.82) is 0 Å². The minimum atomic E-state index is 0.355. The van der Waals surface area contributed by atoms with Crippen molar-refractivity contribution in [3.63, 3.8) is 0 Å². The van der Waals surface area contributed by atoms with Crippen molar-refractivity contribution in [2.24, 2.45) is 0 Å².